The van der Waals surface area contributed by atoms with Crippen LogP contribution in [0.25, 0.3) is 0 Å². The molecule has 21 heavy (non-hydrogen) atoms. The van der Waals surface area contributed by atoms with Gasteiger partial charge in [-0.2, -0.15) is 0 Å². The second-order valence-corrected chi connectivity index (χ2v) is 5.78. The molecule has 3 rings (SSSR count). The van der Waals surface area contributed by atoms with Crippen LogP contribution in [0.3, 0.4) is 0 Å². The molecule has 0 spiro atoms. The van der Waals surface area contributed by atoms with Crippen molar-refractivity contribution in [3.8, 4) is 11.5 Å². The second kappa shape index (κ2) is 6.03. The summed E-state index contributed by atoms with van der Waals surface area (Å²) >= 11 is 3.36. The third-order valence-electron chi connectivity index (χ3n) is 3.40. The Bertz CT molecular complexity index is 647. The van der Waals surface area contributed by atoms with E-state index in [1.54, 1.807) is 12.1 Å². The molecule has 0 bridgehead atoms. The molecule has 1 aliphatic heterocycles. The van der Waals surface area contributed by atoms with Crippen LogP contribution in [0.4, 0.5) is 4.39 Å². The zero-order valence-electron chi connectivity index (χ0n) is 11.1. The van der Waals surface area contributed by atoms with E-state index >= 15 is 0 Å². The highest BCUT2D eigenvalue weighted by Crippen LogP contribution is 2.32. The van der Waals surface area contributed by atoms with Gasteiger partial charge in [-0.15, -0.1) is 0 Å². The summed E-state index contributed by atoms with van der Waals surface area (Å²) in [6.45, 7) is 0.269. The molecule has 0 saturated carbocycles. The van der Waals surface area contributed by atoms with Crippen LogP contribution < -0.4 is 9.47 Å². The first-order valence-corrected chi connectivity index (χ1v) is 7.43. The number of hydrogen-bond acceptors (Lipinski definition) is 3. The Balaban J connectivity index is 1.72. The van der Waals surface area contributed by atoms with Crippen molar-refractivity contribution in [1.82, 2.24) is 0 Å². The summed E-state index contributed by atoms with van der Waals surface area (Å²) in [5.41, 5.74) is 0.699. The van der Waals surface area contributed by atoms with Gasteiger partial charge in [0.05, 0.1) is 6.10 Å². The minimum atomic E-state index is -0.781. The number of aliphatic hydroxyl groups excluding tert-OH is 1. The predicted octanol–water partition coefficient (Wildman–Crippen LogP) is 3.33. The van der Waals surface area contributed by atoms with Crippen molar-refractivity contribution >= 4 is 15.9 Å². The van der Waals surface area contributed by atoms with Crippen LogP contribution in [0.15, 0.2) is 46.9 Å². The SMILES string of the molecule is OC(Cc1cc(F)ccc1Br)C1COc2ccccc2O1. The van der Waals surface area contributed by atoms with Crippen LogP contribution in [0.2, 0.25) is 0 Å². The number of benzene rings is 2. The third kappa shape index (κ3) is 3.19. The van der Waals surface area contributed by atoms with Crippen molar-refractivity contribution in [3.05, 3.63) is 58.3 Å². The van der Waals surface area contributed by atoms with E-state index < -0.39 is 12.2 Å². The predicted molar refractivity (Wildman–Crippen MR) is 80.2 cm³/mol. The maximum absolute atomic E-state index is 13.3. The van der Waals surface area contributed by atoms with Crippen LogP contribution in [-0.4, -0.2) is 23.9 Å². The maximum atomic E-state index is 13.3. The fraction of sp³-hybridized carbons (Fsp3) is 0.250. The van der Waals surface area contributed by atoms with Gasteiger partial charge < -0.3 is 14.6 Å². The molecule has 1 aliphatic rings. The first-order chi connectivity index (χ1) is 10.1. The smallest absolute Gasteiger partial charge is 0.161 e. The summed E-state index contributed by atoms with van der Waals surface area (Å²) in [5, 5.41) is 10.3. The van der Waals surface area contributed by atoms with E-state index in [0.717, 1.165) is 4.47 Å². The van der Waals surface area contributed by atoms with Gasteiger partial charge in [0.1, 0.15) is 12.4 Å². The molecule has 0 fully saturated rings. The van der Waals surface area contributed by atoms with Gasteiger partial charge in [-0.3, -0.25) is 0 Å². The fourth-order valence-electron chi connectivity index (χ4n) is 2.28. The van der Waals surface area contributed by atoms with E-state index in [4.69, 9.17) is 9.47 Å². The Morgan fingerprint density at radius 1 is 1.24 bits per heavy atom. The molecule has 2 aromatic rings. The summed E-state index contributed by atoms with van der Waals surface area (Å²) in [4.78, 5) is 0. The molecule has 0 radical (unpaired) electrons. The highest BCUT2D eigenvalue weighted by molar-refractivity contribution is 9.10. The largest absolute Gasteiger partial charge is 0.486 e. The van der Waals surface area contributed by atoms with Crippen molar-refractivity contribution in [2.75, 3.05) is 6.61 Å². The topological polar surface area (TPSA) is 38.7 Å². The highest BCUT2D eigenvalue weighted by atomic mass is 79.9. The number of ether oxygens (including phenoxy) is 2. The molecule has 0 aliphatic carbocycles. The molecule has 0 saturated heterocycles. The zero-order chi connectivity index (χ0) is 14.8. The molecular weight excluding hydrogens is 339 g/mol. The minimum absolute atomic E-state index is 0.269. The van der Waals surface area contributed by atoms with Crippen LogP contribution >= 0.6 is 15.9 Å². The van der Waals surface area contributed by atoms with Crippen LogP contribution in [0, 0.1) is 5.82 Å². The molecule has 5 heteroatoms. The highest BCUT2D eigenvalue weighted by Gasteiger charge is 2.28. The summed E-state index contributed by atoms with van der Waals surface area (Å²) < 4.78 is 25.4. The van der Waals surface area contributed by atoms with Crippen molar-refractivity contribution in [2.45, 2.75) is 18.6 Å². The van der Waals surface area contributed by atoms with Gasteiger partial charge in [-0.1, -0.05) is 28.1 Å². The lowest BCUT2D eigenvalue weighted by Crippen LogP contribution is -2.40. The van der Waals surface area contributed by atoms with Gasteiger partial charge in [0.15, 0.2) is 17.6 Å². The van der Waals surface area contributed by atoms with Crippen LogP contribution in [-0.2, 0) is 6.42 Å². The minimum Gasteiger partial charge on any atom is -0.486 e. The number of hydrogen-bond donors (Lipinski definition) is 1. The first-order valence-electron chi connectivity index (χ1n) is 6.64. The molecule has 1 N–H and O–H groups in total. The summed E-state index contributed by atoms with van der Waals surface area (Å²) in [6.07, 6.45) is -0.972. The molecule has 0 amide bonds. The van der Waals surface area contributed by atoms with Gasteiger partial charge in [0.25, 0.3) is 0 Å². The lowest BCUT2D eigenvalue weighted by molar-refractivity contribution is -0.00950. The van der Waals surface area contributed by atoms with Crippen LogP contribution in [0.1, 0.15) is 5.56 Å². The zero-order valence-corrected chi connectivity index (χ0v) is 12.7. The lowest BCUT2D eigenvalue weighted by atomic mass is 10.0. The van der Waals surface area contributed by atoms with Gasteiger partial charge >= 0.3 is 0 Å². The van der Waals surface area contributed by atoms with E-state index in [0.29, 0.717) is 17.1 Å². The Hall–Kier alpha value is -1.59. The van der Waals surface area contributed by atoms with Crippen molar-refractivity contribution in [1.29, 1.82) is 0 Å². The number of rotatable bonds is 3. The number of aliphatic hydroxyl groups is 1. The van der Waals surface area contributed by atoms with E-state index in [1.165, 1.54) is 12.1 Å². The van der Waals surface area contributed by atoms with E-state index in [-0.39, 0.29) is 18.8 Å². The Labute approximate surface area is 130 Å². The molecule has 0 aromatic heterocycles. The summed E-state index contributed by atoms with van der Waals surface area (Å²) in [5.74, 6) is 0.963. The average molecular weight is 353 g/mol. The standard InChI is InChI=1S/C16H14BrFO3/c17-12-6-5-11(18)7-10(12)8-13(19)16-9-20-14-3-1-2-4-15(14)21-16/h1-7,13,16,19H,8-9H2. The normalized spacial score (nSPS) is 18.3. The number of fused-ring (bicyclic) bond motifs is 1. The molecule has 2 atom stereocenters. The quantitative estimate of drug-likeness (QED) is 0.920. The lowest BCUT2D eigenvalue weighted by Gasteiger charge is -2.29. The van der Waals surface area contributed by atoms with E-state index in [1.807, 2.05) is 18.2 Å². The van der Waals surface area contributed by atoms with Crippen molar-refractivity contribution in [2.24, 2.45) is 0 Å². The maximum Gasteiger partial charge on any atom is 0.161 e. The van der Waals surface area contributed by atoms with E-state index in [9.17, 15) is 9.50 Å². The molecule has 2 unspecified atom stereocenters. The Kier molecular flexibility index (Phi) is 4.12. The Morgan fingerprint density at radius 3 is 2.81 bits per heavy atom. The van der Waals surface area contributed by atoms with Crippen molar-refractivity contribution < 1.29 is 19.0 Å². The van der Waals surface area contributed by atoms with Gasteiger partial charge in [0, 0.05) is 10.9 Å². The molecule has 1 heterocycles. The van der Waals surface area contributed by atoms with Crippen LogP contribution in [0.5, 0.6) is 11.5 Å². The van der Waals surface area contributed by atoms with E-state index in [2.05, 4.69) is 15.9 Å². The average Bonchev–Trinajstić information content (AvgIpc) is 2.50. The summed E-state index contributed by atoms with van der Waals surface area (Å²) in [7, 11) is 0. The molecule has 3 nitrogen and oxygen atoms in total. The molecule has 2 aromatic carbocycles. The molecular formula is C16H14BrFO3. The van der Waals surface area contributed by atoms with Gasteiger partial charge in [-0.25, -0.2) is 4.39 Å². The molecule has 110 valence electrons. The van der Waals surface area contributed by atoms with Gasteiger partial charge in [0.2, 0.25) is 0 Å². The third-order valence-corrected chi connectivity index (χ3v) is 4.17. The number of para-hydroxylation sites is 2. The second-order valence-electron chi connectivity index (χ2n) is 4.92. The Morgan fingerprint density at radius 2 is 2.00 bits per heavy atom. The number of halogens is 2. The van der Waals surface area contributed by atoms with Gasteiger partial charge in [-0.05, 0) is 35.9 Å². The van der Waals surface area contributed by atoms with Crippen molar-refractivity contribution in [3.63, 3.8) is 0 Å². The summed E-state index contributed by atoms with van der Waals surface area (Å²) in [6, 6.07) is 11.7. The monoisotopic (exact) mass is 352 g/mol. The fourth-order valence-corrected chi connectivity index (χ4v) is 2.69. The first kappa shape index (κ1) is 14.4.